The summed E-state index contributed by atoms with van der Waals surface area (Å²) in [7, 11) is -3.73. The Hall–Kier alpha value is -1.02. The second-order valence-electron chi connectivity index (χ2n) is 4.92. The van der Waals surface area contributed by atoms with Crippen LogP contribution in [0.15, 0.2) is 23.1 Å². The monoisotopic (exact) mass is 318 g/mol. The molecular weight excluding hydrogens is 295 g/mol. The molecule has 0 saturated heterocycles. The van der Waals surface area contributed by atoms with E-state index in [0.717, 1.165) is 25.2 Å². The van der Waals surface area contributed by atoms with Crippen molar-refractivity contribution in [2.45, 2.75) is 38.3 Å². The van der Waals surface area contributed by atoms with Gasteiger partial charge >= 0.3 is 0 Å². The van der Waals surface area contributed by atoms with Crippen LogP contribution in [0.25, 0.3) is 0 Å². The maximum absolute atomic E-state index is 13.3. The Morgan fingerprint density at radius 3 is 2.48 bits per heavy atom. The zero-order valence-electron chi connectivity index (χ0n) is 12.6. The Kier molecular flexibility index (Phi) is 6.73. The molecule has 7 heteroatoms. The highest BCUT2D eigenvalue weighted by molar-refractivity contribution is 7.89. The van der Waals surface area contributed by atoms with Crippen LogP contribution in [0, 0.1) is 5.82 Å². The van der Waals surface area contributed by atoms with Crippen molar-refractivity contribution in [2.24, 2.45) is 0 Å². The number of nitrogens with zero attached hydrogens (tertiary/aromatic N) is 1. The minimum atomic E-state index is -3.73. The maximum Gasteiger partial charge on any atom is 0.240 e. The summed E-state index contributed by atoms with van der Waals surface area (Å²) in [4.78, 5) is 2.07. The molecule has 0 aliphatic carbocycles. The highest BCUT2D eigenvalue weighted by Crippen LogP contribution is 2.15. The van der Waals surface area contributed by atoms with Gasteiger partial charge in [0.15, 0.2) is 0 Å². The lowest BCUT2D eigenvalue weighted by molar-refractivity contribution is 0.275. The van der Waals surface area contributed by atoms with E-state index in [-0.39, 0.29) is 16.5 Å². The van der Waals surface area contributed by atoms with E-state index in [2.05, 4.69) is 9.62 Å². The number of hydrogen-bond donors (Lipinski definition) is 2. The molecule has 1 aromatic rings. The molecule has 0 heterocycles. The van der Waals surface area contributed by atoms with Crippen LogP contribution in [0.2, 0.25) is 0 Å². The van der Waals surface area contributed by atoms with Crippen LogP contribution in [0.4, 0.5) is 4.39 Å². The third-order valence-corrected chi connectivity index (χ3v) is 4.87. The molecule has 0 amide bonds. The molecule has 0 bridgehead atoms. The molecule has 0 fully saturated rings. The normalized spacial score (nSPS) is 13.6. The van der Waals surface area contributed by atoms with Crippen molar-refractivity contribution in [1.29, 1.82) is 0 Å². The van der Waals surface area contributed by atoms with Crippen LogP contribution in [-0.2, 0) is 16.6 Å². The number of benzene rings is 1. The first-order chi connectivity index (χ1) is 9.83. The van der Waals surface area contributed by atoms with Crippen molar-refractivity contribution < 1.29 is 17.9 Å². The first-order valence-corrected chi connectivity index (χ1v) is 8.46. The summed E-state index contributed by atoms with van der Waals surface area (Å²) >= 11 is 0. The molecule has 1 unspecified atom stereocenters. The van der Waals surface area contributed by atoms with Crippen LogP contribution in [0.5, 0.6) is 0 Å². The minimum absolute atomic E-state index is 0.0331. The van der Waals surface area contributed by atoms with E-state index in [1.165, 1.54) is 6.07 Å². The van der Waals surface area contributed by atoms with E-state index in [0.29, 0.717) is 6.54 Å². The number of nitrogens with one attached hydrogen (secondary N) is 1. The van der Waals surface area contributed by atoms with Gasteiger partial charge < -0.3 is 10.0 Å². The second kappa shape index (κ2) is 7.84. The quantitative estimate of drug-likeness (QED) is 0.759. The fourth-order valence-corrected chi connectivity index (χ4v) is 3.36. The third kappa shape index (κ3) is 5.03. The molecule has 0 aliphatic rings. The van der Waals surface area contributed by atoms with Gasteiger partial charge in [-0.1, -0.05) is 13.8 Å². The van der Waals surface area contributed by atoms with Gasteiger partial charge in [0.05, 0.1) is 11.5 Å². The van der Waals surface area contributed by atoms with Crippen molar-refractivity contribution in [3.05, 3.63) is 29.6 Å². The van der Waals surface area contributed by atoms with Gasteiger partial charge in [0.2, 0.25) is 10.0 Å². The number of likely N-dealkylation sites (N-methyl/N-ethyl adjacent to an activating group) is 1. The molecule has 0 radical (unpaired) electrons. The summed E-state index contributed by atoms with van der Waals surface area (Å²) < 4.78 is 40.4. The highest BCUT2D eigenvalue weighted by atomic mass is 32.2. The zero-order chi connectivity index (χ0) is 16.0. The number of rotatable bonds is 8. The molecule has 0 saturated carbocycles. The number of sulfonamides is 1. The lowest BCUT2D eigenvalue weighted by Gasteiger charge is -2.23. The van der Waals surface area contributed by atoms with E-state index >= 15 is 0 Å². The van der Waals surface area contributed by atoms with Crippen molar-refractivity contribution in [1.82, 2.24) is 9.62 Å². The predicted octanol–water partition coefficient (Wildman–Crippen LogP) is 1.33. The first-order valence-electron chi connectivity index (χ1n) is 6.98. The highest BCUT2D eigenvalue weighted by Gasteiger charge is 2.19. The molecule has 0 spiro atoms. The Bertz CT molecular complexity index is 559. The number of hydrogen-bond acceptors (Lipinski definition) is 4. The summed E-state index contributed by atoms with van der Waals surface area (Å²) in [6.45, 7) is 7.55. The largest absolute Gasteiger partial charge is 0.392 e. The lowest BCUT2D eigenvalue weighted by Crippen LogP contribution is -2.41. The molecule has 1 aromatic carbocycles. The van der Waals surface area contributed by atoms with Gasteiger partial charge in [0.25, 0.3) is 0 Å². The van der Waals surface area contributed by atoms with Crippen LogP contribution in [-0.4, -0.2) is 44.1 Å². The molecule has 120 valence electrons. The van der Waals surface area contributed by atoms with Crippen LogP contribution < -0.4 is 4.72 Å². The van der Waals surface area contributed by atoms with Gasteiger partial charge in [-0.15, -0.1) is 0 Å². The Morgan fingerprint density at radius 2 is 1.95 bits per heavy atom. The minimum Gasteiger partial charge on any atom is -0.392 e. The molecule has 1 atom stereocenters. The van der Waals surface area contributed by atoms with E-state index < -0.39 is 22.4 Å². The van der Waals surface area contributed by atoms with Crippen LogP contribution >= 0.6 is 0 Å². The standard InChI is InChI=1S/C14H23FN2O3S/c1-4-17(5-2)9-11(3)16-21(19,20)13-6-7-14(15)12(8-13)10-18/h6-8,11,16,18H,4-5,9-10H2,1-3H3. The summed E-state index contributed by atoms with van der Waals surface area (Å²) in [5, 5.41) is 9.01. The van der Waals surface area contributed by atoms with E-state index in [1.54, 1.807) is 6.92 Å². The van der Waals surface area contributed by atoms with Gasteiger partial charge in [-0.3, -0.25) is 0 Å². The third-order valence-electron chi connectivity index (χ3n) is 3.28. The summed E-state index contributed by atoms with van der Waals surface area (Å²) in [6.07, 6.45) is 0. The molecule has 21 heavy (non-hydrogen) atoms. The smallest absolute Gasteiger partial charge is 0.240 e. The zero-order valence-corrected chi connectivity index (χ0v) is 13.5. The van der Waals surface area contributed by atoms with Crippen LogP contribution in [0.3, 0.4) is 0 Å². The predicted molar refractivity (Wildman–Crippen MR) is 79.9 cm³/mol. The fraction of sp³-hybridized carbons (Fsp3) is 0.571. The summed E-state index contributed by atoms with van der Waals surface area (Å²) in [5.41, 5.74) is -0.0331. The molecule has 2 N–H and O–H groups in total. The number of halogens is 1. The van der Waals surface area contributed by atoms with Crippen molar-refractivity contribution >= 4 is 10.0 Å². The van der Waals surface area contributed by atoms with Gasteiger partial charge in [-0.05, 0) is 38.2 Å². The number of aliphatic hydroxyl groups is 1. The topological polar surface area (TPSA) is 69.6 Å². The Morgan fingerprint density at radius 1 is 1.33 bits per heavy atom. The Balaban J connectivity index is 2.86. The fourth-order valence-electron chi connectivity index (χ4n) is 2.08. The molecule has 0 aliphatic heterocycles. The van der Waals surface area contributed by atoms with Crippen molar-refractivity contribution in [3.63, 3.8) is 0 Å². The van der Waals surface area contributed by atoms with Crippen molar-refractivity contribution in [2.75, 3.05) is 19.6 Å². The molecule has 5 nitrogen and oxygen atoms in total. The number of aliphatic hydroxyl groups excluding tert-OH is 1. The van der Waals surface area contributed by atoms with Gasteiger partial charge in [-0.25, -0.2) is 17.5 Å². The van der Waals surface area contributed by atoms with Gasteiger partial charge in [0, 0.05) is 18.2 Å². The maximum atomic E-state index is 13.3. The van der Waals surface area contributed by atoms with Crippen molar-refractivity contribution in [3.8, 4) is 0 Å². The molecule has 1 rings (SSSR count). The first kappa shape index (κ1) is 18.0. The average Bonchev–Trinajstić information content (AvgIpc) is 2.44. The van der Waals surface area contributed by atoms with E-state index in [9.17, 15) is 12.8 Å². The summed E-state index contributed by atoms with van der Waals surface area (Å²) in [5.74, 6) is -0.618. The van der Waals surface area contributed by atoms with Gasteiger partial charge in [0.1, 0.15) is 5.82 Å². The van der Waals surface area contributed by atoms with Crippen LogP contribution in [0.1, 0.15) is 26.3 Å². The molecule has 0 aromatic heterocycles. The summed E-state index contributed by atoms with van der Waals surface area (Å²) in [6, 6.07) is 3.13. The molecular formula is C14H23FN2O3S. The van der Waals surface area contributed by atoms with E-state index in [4.69, 9.17) is 5.11 Å². The van der Waals surface area contributed by atoms with E-state index in [1.807, 2.05) is 13.8 Å². The Labute approximate surface area is 125 Å². The van der Waals surface area contributed by atoms with Gasteiger partial charge in [-0.2, -0.15) is 0 Å². The lowest BCUT2D eigenvalue weighted by atomic mass is 10.2. The second-order valence-corrected chi connectivity index (χ2v) is 6.63. The SMILES string of the molecule is CCN(CC)CC(C)NS(=O)(=O)c1ccc(F)c(CO)c1. The average molecular weight is 318 g/mol.